The van der Waals surface area contributed by atoms with Crippen LogP contribution in [0.1, 0.15) is 21.7 Å². The van der Waals surface area contributed by atoms with Crippen LogP contribution in [0.25, 0.3) is 0 Å². The van der Waals surface area contributed by atoms with Crippen LogP contribution in [0.4, 0.5) is 11.4 Å². The minimum Gasteiger partial charge on any atom is -0.467 e. The summed E-state index contributed by atoms with van der Waals surface area (Å²) in [4.78, 5) is 25.3. The van der Waals surface area contributed by atoms with Gasteiger partial charge in [-0.3, -0.25) is 9.59 Å². The Labute approximate surface area is 188 Å². The van der Waals surface area contributed by atoms with Crippen molar-refractivity contribution in [2.75, 3.05) is 16.4 Å². The standard InChI is InChI=1S/C22H20N6O3S/c1-15-6-4-7-16(12-15)23-21(30)18-9-2-3-10-19(18)24-20(29)14-32-22-25-26-27-28(22)13-17-8-5-11-31-17/h2-12H,13-14H2,1H3,(H,23,30)(H,24,29). The van der Waals surface area contributed by atoms with Crippen molar-refractivity contribution >= 4 is 35.0 Å². The van der Waals surface area contributed by atoms with Crippen molar-refractivity contribution in [3.8, 4) is 0 Å². The van der Waals surface area contributed by atoms with E-state index in [2.05, 4.69) is 26.2 Å². The van der Waals surface area contributed by atoms with Crippen LogP contribution >= 0.6 is 11.8 Å². The number of furan rings is 1. The number of benzene rings is 2. The van der Waals surface area contributed by atoms with Gasteiger partial charge in [-0.1, -0.05) is 36.0 Å². The van der Waals surface area contributed by atoms with E-state index >= 15 is 0 Å². The normalized spacial score (nSPS) is 10.7. The zero-order valence-corrected chi connectivity index (χ0v) is 18.0. The number of para-hydroxylation sites is 1. The summed E-state index contributed by atoms with van der Waals surface area (Å²) in [5.74, 6) is 0.198. The van der Waals surface area contributed by atoms with Gasteiger partial charge in [0.1, 0.15) is 12.3 Å². The molecule has 32 heavy (non-hydrogen) atoms. The Morgan fingerprint density at radius 2 is 1.94 bits per heavy atom. The molecule has 0 atom stereocenters. The van der Waals surface area contributed by atoms with Crippen LogP contribution in [-0.4, -0.2) is 37.8 Å². The first-order chi connectivity index (χ1) is 15.6. The van der Waals surface area contributed by atoms with Crippen molar-refractivity contribution < 1.29 is 14.0 Å². The minimum atomic E-state index is -0.304. The Kier molecular flexibility index (Phi) is 6.61. The molecule has 2 aromatic heterocycles. The van der Waals surface area contributed by atoms with E-state index in [1.807, 2.05) is 37.3 Å². The van der Waals surface area contributed by atoms with Gasteiger partial charge in [0.05, 0.1) is 23.3 Å². The van der Waals surface area contributed by atoms with Crippen LogP contribution in [0.3, 0.4) is 0 Å². The average molecular weight is 449 g/mol. The first kappa shape index (κ1) is 21.3. The molecule has 4 aromatic rings. The van der Waals surface area contributed by atoms with Gasteiger partial charge in [0.15, 0.2) is 0 Å². The van der Waals surface area contributed by atoms with Gasteiger partial charge in [-0.25, -0.2) is 4.68 Å². The second kappa shape index (κ2) is 9.92. The summed E-state index contributed by atoms with van der Waals surface area (Å²) in [5.41, 5.74) is 2.53. The van der Waals surface area contributed by atoms with Crippen LogP contribution in [0.5, 0.6) is 0 Å². The lowest BCUT2D eigenvalue weighted by Gasteiger charge is -2.11. The third kappa shape index (κ3) is 5.41. The average Bonchev–Trinajstić information content (AvgIpc) is 3.45. The Hall–Kier alpha value is -3.92. The van der Waals surface area contributed by atoms with Crippen LogP contribution in [0.2, 0.25) is 0 Å². The zero-order chi connectivity index (χ0) is 22.3. The van der Waals surface area contributed by atoms with Gasteiger partial charge in [0.2, 0.25) is 11.1 Å². The van der Waals surface area contributed by atoms with Gasteiger partial charge in [-0.15, -0.1) is 5.10 Å². The number of amides is 2. The van der Waals surface area contributed by atoms with Gasteiger partial charge in [0, 0.05) is 5.69 Å². The molecule has 2 N–H and O–H groups in total. The summed E-state index contributed by atoms with van der Waals surface area (Å²) in [5, 5.41) is 17.7. The summed E-state index contributed by atoms with van der Waals surface area (Å²) < 4.78 is 6.86. The third-order valence-corrected chi connectivity index (χ3v) is 5.40. The number of aromatic nitrogens is 4. The molecule has 10 heteroatoms. The van der Waals surface area contributed by atoms with Crippen LogP contribution < -0.4 is 10.6 Å². The lowest BCUT2D eigenvalue weighted by atomic mass is 10.1. The number of hydrogen-bond acceptors (Lipinski definition) is 7. The fraction of sp³-hybridized carbons (Fsp3) is 0.136. The molecule has 0 saturated carbocycles. The van der Waals surface area contributed by atoms with E-state index in [-0.39, 0.29) is 17.6 Å². The Bertz CT molecular complexity index is 1220. The molecular weight excluding hydrogens is 428 g/mol. The fourth-order valence-electron chi connectivity index (χ4n) is 2.98. The van der Waals surface area contributed by atoms with Crippen molar-refractivity contribution in [1.82, 2.24) is 20.2 Å². The SMILES string of the molecule is Cc1cccc(NC(=O)c2ccccc2NC(=O)CSc2nnnn2Cc2ccco2)c1. The second-order valence-corrected chi connectivity index (χ2v) is 7.85. The van der Waals surface area contributed by atoms with E-state index in [0.29, 0.717) is 34.4 Å². The Balaban J connectivity index is 1.38. The predicted octanol–water partition coefficient (Wildman–Crippen LogP) is 3.61. The van der Waals surface area contributed by atoms with Gasteiger partial charge in [-0.05, 0) is 59.3 Å². The largest absolute Gasteiger partial charge is 0.467 e. The van der Waals surface area contributed by atoms with E-state index in [9.17, 15) is 9.59 Å². The van der Waals surface area contributed by atoms with Gasteiger partial charge in [0.25, 0.3) is 5.91 Å². The highest BCUT2D eigenvalue weighted by atomic mass is 32.2. The van der Waals surface area contributed by atoms with E-state index < -0.39 is 0 Å². The van der Waals surface area contributed by atoms with Gasteiger partial charge < -0.3 is 15.1 Å². The molecule has 0 saturated heterocycles. The lowest BCUT2D eigenvalue weighted by Crippen LogP contribution is -2.19. The van der Waals surface area contributed by atoms with Crippen LogP contribution in [0.15, 0.2) is 76.5 Å². The highest BCUT2D eigenvalue weighted by molar-refractivity contribution is 7.99. The van der Waals surface area contributed by atoms with Crippen molar-refractivity contribution in [2.45, 2.75) is 18.6 Å². The summed E-state index contributed by atoms with van der Waals surface area (Å²) in [6.45, 7) is 2.32. The summed E-state index contributed by atoms with van der Waals surface area (Å²) in [6, 6.07) is 18.0. The summed E-state index contributed by atoms with van der Waals surface area (Å²) in [7, 11) is 0. The predicted molar refractivity (Wildman–Crippen MR) is 121 cm³/mol. The molecule has 162 valence electrons. The quantitative estimate of drug-likeness (QED) is 0.396. The molecule has 9 nitrogen and oxygen atoms in total. The zero-order valence-electron chi connectivity index (χ0n) is 17.2. The van der Waals surface area contributed by atoms with Crippen molar-refractivity contribution in [2.24, 2.45) is 0 Å². The van der Waals surface area contributed by atoms with Crippen molar-refractivity contribution in [1.29, 1.82) is 0 Å². The highest BCUT2D eigenvalue weighted by Crippen LogP contribution is 2.20. The van der Waals surface area contributed by atoms with Crippen LogP contribution in [-0.2, 0) is 11.3 Å². The van der Waals surface area contributed by atoms with E-state index in [1.165, 1.54) is 11.8 Å². The topological polar surface area (TPSA) is 115 Å². The molecule has 2 amide bonds. The number of thioether (sulfide) groups is 1. The van der Waals surface area contributed by atoms with E-state index in [1.54, 1.807) is 41.3 Å². The highest BCUT2D eigenvalue weighted by Gasteiger charge is 2.15. The van der Waals surface area contributed by atoms with E-state index in [0.717, 1.165) is 5.56 Å². The molecular formula is C22H20N6O3S. The van der Waals surface area contributed by atoms with E-state index in [4.69, 9.17) is 4.42 Å². The molecule has 2 aromatic carbocycles. The molecule has 0 aliphatic heterocycles. The van der Waals surface area contributed by atoms with Gasteiger partial charge >= 0.3 is 0 Å². The smallest absolute Gasteiger partial charge is 0.257 e. The fourth-order valence-corrected chi connectivity index (χ4v) is 3.65. The molecule has 0 fully saturated rings. The molecule has 0 aliphatic carbocycles. The molecule has 2 heterocycles. The number of nitrogens with zero attached hydrogens (tertiary/aromatic N) is 4. The first-order valence-electron chi connectivity index (χ1n) is 9.77. The third-order valence-electron chi connectivity index (χ3n) is 4.44. The second-order valence-electron chi connectivity index (χ2n) is 6.90. The Morgan fingerprint density at radius 1 is 1.06 bits per heavy atom. The number of carbonyl (C=O) groups excluding carboxylic acids is 2. The minimum absolute atomic E-state index is 0.0758. The number of tetrazole rings is 1. The monoisotopic (exact) mass is 448 g/mol. The number of rotatable bonds is 8. The maximum atomic E-state index is 12.8. The number of aryl methyl sites for hydroxylation is 1. The Morgan fingerprint density at radius 3 is 2.75 bits per heavy atom. The van der Waals surface area contributed by atoms with Crippen molar-refractivity contribution in [3.05, 3.63) is 83.8 Å². The lowest BCUT2D eigenvalue weighted by molar-refractivity contribution is -0.113. The number of nitrogens with one attached hydrogen (secondary N) is 2. The molecule has 4 rings (SSSR count). The van der Waals surface area contributed by atoms with Crippen LogP contribution in [0, 0.1) is 6.92 Å². The molecule has 0 bridgehead atoms. The summed E-state index contributed by atoms with van der Waals surface area (Å²) >= 11 is 1.19. The summed E-state index contributed by atoms with van der Waals surface area (Å²) in [6.07, 6.45) is 1.58. The van der Waals surface area contributed by atoms with Crippen molar-refractivity contribution in [3.63, 3.8) is 0 Å². The number of hydrogen-bond donors (Lipinski definition) is 2. The number of anilines is 2. The molecule has 0 spiro atoms. The van der Waals surface area contributed by atoms with Gasteiger partial charge in [-0.2, -0.15) is 0 Å². The maximum absolute atomic E-state index is 12.8. The first-order valence-corrected chi connectivity index (χ1v) is 10.8. The maximum Gasteiger partial charge on any atom is 0.257 e. The number of carbonyl (C=O) groups is 2. The molecule has 0 aliphatic rings. The molecule has 0 radical (unpaired) electrons. The molecule has 0 unspecified atom stereocenters.